The molecule has 0 bridgehead atoms. The van der Waals surface area contributed by atoms with Crippen molar-refractivity contribution in [3.8, 4) is 11.1 Å². The van der Waals surface area contributed by atoms with E-state index in [1.807, 2.05) is 42.5 Å². The molecule has 0 aliphatic rings. The van der Waals surface area contributed by atoms with Crippen LogP contribution in [0.3, 0.4) is 0 Å². The van der Waals surface area contributed by atoms with Crippen LogP contribution in [0.25, 0.3) is 33.1 Å². The molecule has 5 nitrogen and oxygen atoms in total. The number of benzene rings is 4. The first-order chi connectivity index (χ1) is 15.2. The normalized spacial score (nSPS) is 11.0. The van der Waals surface area contributed by atoms with Gasteiger partial charge in [0.15, 0.2) is 0 Å². The van der Waals surface area contributed by atoms with Gasteiger partial charge in [-0.3, -0.25) is 10.0 Å². The lowest BCUT2D eigenvalue weighted by Gasteiger charge is -2.09. The molecule has 1 amide bonds. The average molecular weight is 408 g/mol. The number of carbonyl (C=O) groups is 1. The lowest BCUT2D eigenvalue weighted by molar-refractivity contribution is 0.0706. The second kappa shape index (κ2) is 7.97. The van der Waals surface area contributed by atoms with Crippen molar-refractivity contribution in [2.45, 2.75) is 6.54 Å². The van der Waals surface area contributed by atoms with Crippen LogP contribution in [0.4, 0.5) is 5.69 Å². The molecule has 5 aromatic rings. The number of hydrogen-bond acceptors (Lipinski definition) is 4. The molecular formula is C26H20N2O3. The molecule has 5 heteroatoms. The van der Waals surface area contributed by atoms with Crippen molar-refractivity contribution in [3.05, 3.63) is 102 Å². The van der Waals surface area contributed by atoms with E-state index in [2.05, 4.69) is 41.7 Å². The standard InChI is InChI=1S/C26H20N2O3/c29-26(28-30)19-7-5-17(6-8-19)16-27-21-12-9-18(10-13-21)20-11-14-23-22-3-1-2-4-24(22)31-25(23)15-20/h1-15,27,30H,16H2,(H,28,29). The molecule has 31 heavy (non-hydrogen) atoms. The molecule has 3 N–H and O–H groups in total. The van der Waals surface area contributed by atoms with Crippen molar-refractivity contribution in [3.63, 3.8) is 0 Å². The van der Waals surface area contributed by atoms with Crippen LogP contribution in [0.5, 0.6) is 0 Å². The third-order valence-electron chi connectivity index (χ3n) is 5.41. The molecule has 1 heterocycles. The third kappa shape index (κ3) is 3.74. The van der Waals surface area contributed by atoms with E-state index >= 15 is 0 Å². The minimum absolute atomic E-state index is 0.414. The van der Waals surface area contributed by atoms with Gasteiger partial charge in [0.2, 0.25) is 0 Å². The van der Waals surface area contributed by atoms with Gasteiger partial charge in [-0.1, -0.05) is 48.5 Å². The number of para-hydroxylation sites is 1. The van der Waals surface area contributed by atoms with Crippen LogP contribution in [0.15, 0.2) is 95.4 Å². The van der Waals surface area contributed by atoms with Crippen molar-refractivity contribution in [2.75, 3.05) is 5.32 Å². The molecule has 0 spiro atoms. The number of hydrogen-bond donors (Lipinski definition) is 3. The van der Waals surface area contributed by atoms with Crippen molar-refractivity contribution >= 4 is 33.5 Å². The smallest absolute Gasteiger partial charge is 0.274 e. The van der Waals surface area contributed by atoms with E-state index in [1.54, 1.807) is 17.6 Å². The molecule has 1 aromatic heterocycles. The van der Waals surface area contributed by atoms with E-state index in [1.165, 1.54) is 0 Å². The summed E-state index contributed by atoms with van der Waals surface area (Å²) in [5.74, 6) is -0.518. The molecule has 0 unspecified atom stereocenters. The Morgan fingerprint density at radius 1 is 0.774 bits per heavy atom. The first-order valence-electron chi connectivity index (χ1n) is 10.0. The Balaban J connectivity index is 1.30. The summed E-state index contributed by atoms with van der Waals surface area (Å²) < 4.78 is 6.00. The maximum absolute atomic E-state index is 11.4. The minimum atomic E-state index is -0.518. The molecule has 0 atom stereocenters. The van der Waals surface area contributed by atoms with Crippen molar-refractivity contribution in [1.82, 2.24) is 5.48 Å². The first kappa shape index (κ1) is 18.9. The highest BCUT2D eigenvalue weighted by molar-refractivity contribution is 6.05. The van der Waals surface area contributed by atoms with Gasteiger partial charge >= 0.3 is 0 Å². The van der Waals surface area contributed by atoms with Crippen LogP contribution >= 0.6 is 0 Å². The van der Waals surface area contributed by atoms with Gasteiger partial charge in [-0.25, -0.2) is 5.48 Å². The van der Waals surface area contributed by atoms with Crippen LogP contribution in [0.2, 0.25) is 0 Å². The molecule has 0 saturated heterocycles. The Hall–Kier alpha value is -4.09. The Kier molecular flexibility index (Phi) is 4.86. The fourth-order valence-electron chi connectivity index (χ4n) is 3.73. The van der Waals surface area contributed by atoms with Crippen LogP contribution < -0.4 is 10.8 Å². The molecule has 0 radical (unpaired) electrons. The van der Waals surface area contributed by atoms with Gasteiger partial charge in [0.1, 0.15) is 11.2 Å². The largest absolute Gasteiger partial charge is 0.456 e. The lowest BCUT2D eigenvalue weighted by atomic mass is 10.0. The zero-order valence-corrected chi connectivity index (χ0v) is 16.6. The number of fused-ring (bicyclic) bond motifs is 3. The van der Waals surface area contributed by atoms with Crippen LogP contribution in [-0.4, -0.2) is 11.1 Å². The Morgan fingerprint density at radius 2 is 1.48 bits per heavy atom. The van der Waals surface area contributed by atoms with Gasteiger partial charge in [0.05, 0.1) is 0 Å². The Bertz CT molecular complexity index is 1370. The summed E-state index contributed by atoms with van der Waals surface area (Å²) in [7, 11) is 0. The highest BCUT2D eigenvalue weighted by atomic mass is 16.5. The van der Waals surface area contributed by atoms with Crippen LogP contribution in [0, 0.1) is 0 Å². The van der Waals surface area contributed by atoms with E-state index in [-0.39, 0.29) is 0 Å². The lowest BCUT2D eigenvalue weighted by Crippen LogP contribution is -2.18. The predicted molar refractivity (Wildman–Crippen MR) is 122 cm³/mol. The summed E-state index contributed by atoms with van der Waals surface area (Å²) >= 11 is 0. The summed E-state index contributed by atoms with van der Waals surface area (Å²) in [5.41, 5.74) is 8.10. The van der Waals surface area contributed by atoms with E-state index < -0.39 is 5.91 Å². The fraction of sp³-hybridized carbons (Fsp3) is 0.0385. The van der Waals surface area contributed by atoms with E-state index in [0.29, 0.717) is 12.1 Å². The second-order valence-corrected chi connectivity index (χ2v) is 7.38. The number of furan rings is 1. The Labute approximate surface area is 178 Å². The maximum Gasteiger partial charge on any atom is 0.274 e. The molecule has 0 aliphatic carbocycles. The number of anilines is 1. The van der Waals surface area contributed by atoms with E-state index in [9.17, 15) is 4.79 Å². The fourth-order valence-corrected chi connectivity index (χ4v) is 3.73. The number of amides is 1. The third-order valence-corrected chi connectivity index (χ3v) is 5.41. The quantitative estimate of drug-likeness (QED) is 0.247. The Morgan fingerprint density at radius 3 is 2.26 bits per heavy atom. The summed E-state index contributed by atoms with van der Waals surface area (Å²) in [4.78, 5) is 11.4. The van der Waals surface area contributed by atoms with Crippen LogP contribution in [-0.2, 0) is 6.54 Å². The topological polar surface area (TPSA) is 74.5 Å². The molecule has 5 rings (SSSR count). The monoisotopic (exact) mass is 408 g/mol. The molecule has 0 saturated carbocycles. The molecule has 0 aliphatic heterocycles. The average Bonchev–Trinajstić information content (AvgIpc) is 3.21. The highest BCUT2D eigenvalue weighted by Crippen LogP contribution is 2.32. The first-order valence-corrected chi connectivity index (χ1v) is 10.0. The van der Waals surface area contributed by atoms with Crippen LogP contribution in [0.1, 0.15) is 15.9 Å². The molecule has 152 valence electrons. The molecule has 0 fully saturated rings. The number of carbonyl (C=O) groups excluding carboxylic acids is 1. The van der Waals surface area contributed by atoms with Crippen molar-refractivity contribution in [2.24, 2.45) is 0 Å². The highest BCUT2D eigenvalue weighted by Gasteiger charge is 2.08. The maximum atomic E-state index is 11.4. The zero-order valence-electron chi connectivity index (χ0n) is 16.6. The summed E-state index contributed by atoms with van der Waals surface area (Å²) in [6.07, 6.45) is 0. The minimum Gasteiger partial charge on any atom is -0.456 e. The van der Waals surface area contributed by atoms with Gasteiger partial charge in [-0.05, 0) is 59.2 Å². The number of nitrogens with one attached hydrogen (secondary N) is 2. The van der Waals surface area contributed by atoms with Gasteiger partial charge < -0.3 is 9.73 Å². The van der Waals surface area contributed by atoms with E-state index in [4.69, 9.17) is 9.62 Å². The van der Waals surface area contributed by atoms with Gasteiger partial charge in [-0.15, -0.1) is 0 Å². The van der Waals surface area contributed by atoms with Crippen molar-refractivity contribution in [1.29, 1.82) is 0 Å². The van der Waals surface area contributed by atoms with Gasteiger partial charge in [-0.2, -0.15) is 0 Å². The predicted octanol–water partition coefficient (Wildman–Crippen LogP) is 5.98. The zero-order chi connectivity index (χ0) is 21.2. The summed E-state index contributed by atoms with van der Waals surface area (Å²) in [6.45, 7) is 0.630. The van der Waals surface area contributed by atoms with Crippen molar-refractivity contribution < 1.29 is 14.4 Å². The van der Waals surface area contributed by atoms with Gasteiger partial charge in [0, 0.05) is 28.6 Å². The summed E-state index contributed by atoms with van der Waals surface area (Å²) in [5, 5.41) is 14.3. The van der Waals surface area contributed by atoms with E-state index in [0.717, 1.165) is 44.3 Å². The number of rotatable bonds is 5. The summed E-state index contributed by atoms with van der Waals surface area (Å²) in [6, 6.07) is 29.7. The molecule has 4 aromatic carbocycles. The second-order valence-electron chi connectivity index (χ2n) is 7.38. The SMILES string of the molecule is O=C(NO)c1ccc(CNc2ccc(-c3ccc4c(c3)oc3ccccc34)cc2)cc1. The number of hydroxylamine groups is 1. The van der Waals surface area contributed by atoms with Gasteiger partial charge in [0.25, 0.3) is 5.91 Å². The molecular weight excluding hydrogens is 388 g/mol.